The van der Waals surface area contributed by atoms with E-state index in [1.807, 2.05) is 42.5 Å². The molecule has 9 nitrogen and oxygen atoms in total. The van der Waals surface area contributed by atoms with Crippen molar-refractivity contribution >= 4 is 29.3 Å². The number of amides is 1. The van der Waals surface area contributed by atoms with Crippen LogP contribution in [0.5, 0.6) is 5.75 Å². The smallest absolute Gasteiger partial charge is 0.294 e. The van der Waals surface area contributed by atoms with Crippen LogP contribution in [0.25, 0.3) is 10.8 Å². The van der Waals surface area contributed by atoms with Crippen LogP contribution in [0.15, 0.2) is 42.5 Å². The fourth-order valence-electron chi connectivity index (χ4n) is 2.29. The zero-order valence-corrected chi connectivity index (χ0v) is 17.1. The van der Waals surface area contributed by atoms with Crippen LogP contribution in [-0.4, -0.2) is 60.8 Å². The summed E-state index contributed by atoms with van der Waals surface area (Å²) >= 11 is 3.87. The topological polar surface area (TPSA) is 123 Å². The highest BCUT2D eigenvalue weighted by atomic mass is 32.1. The van der Waals surface area contributed by atoms with Crippen molar-refractivity contribution in [2.45, 2.75) is 13.0 Å². The molecule has 29 heavy (non-hydrogen) atoms. The summed E-state index contributed by atoms with van der Waals surface area (Å²) in [6.07, 6.45) is -0.616. The number of thiol groups is 1. The van der Waals surface area contributed by atoms with E-state index in [9.17, 15) is 20.0 Å². The third-order valence-electron chi connectivity index (χ3n) is 3.56. The molecular formula is C19H27N3O6S. The van der Waals surface area contributed by atoms with Crippen LogP contribution >= 0.6 is 12.6 Å². The van der Waals surface area contributed by atoms with Crippen LogP contribution in [0.1, 0.15) is 6.92 Å². The predicted molar refractivity (Wildman–Crippen MR) is 114 cm³/mol. The molecule has 2 aromatic rings. The number of nitrogens with one attached hydrogen (secondary N) is 2. The Labute approximate surface area is 174 Å². The standard InChI is InChI=1S/C17H22N2O3S.C2H5NO3/c20-14(10-18-8-9-19-17(21)12-23)11-22-16-7-3-5-13-4-1-2-6-15(13)16;1-2-6-3(4)5/h1-7,14,18,20,23H,8-12H2,(H,19,21);2H2,1H3. The molecule has 0 fully saturated rings. The average Bonchev–Trinajstić information content (AvgIpc) is 2.72. The minimum atomic E-state index is -0.819. The molecule has 160 valence electrons. The lowest BCUT2D eigenvalue weighted by Crippen LogP contribution is -2.37. The van der Waals surface area contributed by atoms with Crippen molar-refractivity contribution in [2.75, 3.05) is 38.6 Å². The molecule has 0 heterocycles. The zero-order chi connectivity index (χ0) is 21.5. The minimum Gasteiger partial charge on any atom is -0.490 e. The SMILES string of the molecule is CCO[N+](=O)[O-].O=C(CS)NCCNCC(O)COc1cccc2ccccc12. The summed E-state index contributed by atoms with van der Waals surface area (Å²) in [5, 5.41) is 26.2. The lowest BCUT2D eigenvalue weighted by molar-refractivity contribution is -0.756. The summed E-state index contributed by atoms with van der Waals surface area (Å²) in [5.74, 6) is 0.847. The fourth-order valence-corrected chi connectivity index (χ4v) is 2.40. The van der Waals surface area contributed by atoms with Gasteiger partial charge in [0.25, 0.3) is 5.09 Å². The van der Waals surface area contributed by atoms with E-state index in [1.54, 1.807) is 6.92 Å². The Kier molecular flexibility index (Phi) is 12.2. The van der Waals surface area contributed by atoms with Crippen molar-refractivity contribution in [3.05, 3.63) is 52.6 Å². The molecule has 1 unspecified atom stereocenters. The molecule has 2 rings (SSSR count). The normalized spacial score (nSPS) is 11.1. The number of hydrogen-bond donors (Lipinski definition) is 4. The molecule has 0 aromatic heterocycles. The molecule has 0 radical (unpaired) electrons. The van der Waals surface area contributed by atoms with Gasteiger partial charge in [-0.05, 0) is 18.4 Å². The van der Waals surface area contributed by atoms with Crippen molar-refractivity contribution in [1.29, 1.82) is 0 Å². The monoisotopic (exact) mass is 425 g/mol. The van der Waals surface area contributed by atoms with Gasteiger partial charge in [-0.25, -0.2) is 0 Å². The molecule has 0 aliphatic rings. The maximum Gasteiger partial charge on any atom is 0.294 e. The first-order chi connectivity index (χ1) is 14.0. The van der Waals surface area contributed by atoms with Gasteiger partial charge < -0.3 is 25.3 Å². The summed E-state index contributed by atoms with van der Waals surface area (Å²) < 4.78 is 5.72. The third kappa shape index (κ3) is 10.5. The summed E-state index contributed by atoms with van der Waals surface area (Å²) in [7, 11) is 0. The van der Waals surface area contributed by atoms with Crippen LogP contribution in [-0.2, 0) is 9.63 Å². The molecule has 1 atom stereocenters. The van der Waals surface area contributed by atoms with Gasteiger partial charge >= 0.3 is 0 Å². The molecule has 0 saturated carbocycles. The fraction of sp³-hybridized carbons (Fsp3) is 0.421. The second-order valence-electron chi connectivity index (χ2n) is 5.80. The van der Waals surface area contributed by atoms with Crippen LogP contribution < -0.4 is 15.4 Å². The van der Waals surface area contributed by atoms with Gasteiger partial charge in [0.05, 0.1) is 12.4 Å². The van der Waals surface area contributed by atoms with E-state index in [4.69, 9.17) is 4.74 Å². The third-order valence-corrected chi connectivity index (χ3v) is 3.85. The van der Waals surface area contributed by atoms with Gasteiger partial charge in [0.2, 0.25) is 5.91 Å². The molecule has 1 amide bonds. The Morgan fingerprint density at radius 3 is 2.62 bits per heavy atom. The first-order valence-electron chi connectivity index (χ1n) is 9.12. The molecule has 2 aromatic carbocycles. The number of hydrogen-bond acceptors (Lipinski definition) is 8. The van der Waals surface area contributed by atoms with Gasteiger partial charge in [0, 0.05) is 25.0 Å². The van der Waals surface area contributed by atoms with Crippen LogP contribution in [0, 0.1) is 10.1 Å². The Morgan fingerprint density at radius 1 is 1.24 bits per heavy atom. The highest BCUT2D eigenvalue weighted by Gasteiger charge is 2.07. The second-order valence-corrected chi connectivity index (χ2v) is 6.11. The average molecular weight is 426 g/mol. The second kappa shape index (κ2) is 14.4. The number of carbonyl (C=O) groups excluding carboxylic acids is 1. The van der Waals surface area contributed by atoms with Crippen molar-refractivity contribution < 1.29 is 24.6 Å². The van der Waals surface area contributed by atoms with Crippen molar-refractivity contribution in [3.63, 3.8) is 0 Å². The molecule has 0 spiro atoms. The summed E-state index contributed by atoms with van der Waals surface area (Å²) in [5.41, 5.74) is 0. The Balaban J connectivity index is 0.000000612. The predicted octanol–water partition coefficient (Wildman–Crippen LogP) is 1.43. The van der Waals surface area contributed by atoms with Crippen LogP contribution in [0.3, 0.4) is 0 Å². The number of aliphatic hydroxyl groups is 1. The van der Waals surface area contributed by atoms with Gasteiger partial charge in [-0.3, -0.25) is 4.79 Å². The van der Waals surface area contributed by atoms with Gasteiger partial charge in [-0.2, -0.15) is 12.6 Å². The molecule has 10 heteroatoms. The maximum absolute atomic E-state index is 11.0. The molecule has 0 aliphatic carbocycles. The van der Waals surface area contributed by atoms with Gasteiger partial charge in [0.1, 0.15) is 18.5 Å². The van der Waals surface area contributed by atoms with Gasteiger partial charge in [-0.15, -0.1) is 10.1 Å². The Hall–Kier alpha value is -2.56. The quantitative estimate of drug-likeness (QED) is 0.186. The van der Waals surface area contributed by atoms with Gasteiger partial charge in [0.15, 0.2) is 0 Å². The summed E-state index contributed by atoms with van der Waals surface area (Å²) in [6, 6.07) is 13.8. The number of ether oxygens (including phenoxy) is 1. The first-order valence-corrected chi connectivity index (χ1v) is 9.75. The maximum atomic E-state index is 11.0. The van der Waals surface area contributed by atoms with E-state index in [0.717, 1.165) is 16.5 Å². The number of nitrogens with zero attached hydrogens (tertiary/aromatic N) is 1. The first kappa shape index (κ1) is 24.5. The van der Waals surface area contributed by atoms with E-state index in [2.05, 4.69) is 28.1 Å². The van der Waals surface area contributed by atoms with Gasteiger partial charge in [-0.1, -0.05) is 36.4 Å². The van der Waals surface area contributed by atoms with Crippen molar-refractivity contribution in [3.8, 4) is 5.75 Å². The minimum absolute atomic E-state index is 0.102. The summed E-state index contributed by atoms with van der Waals surface area (Å²) in [4.78, 5) is 23.9. The largest absolute Gasteiger partial charge is 0.490 e. The molecule has 3 N–H and O–H groups in total. The highest BCUT2D eigenvalue weighted by Crippen LogP contribution is 2.25. The van der Waals surface area contributed by atoms with E-state index in [-0.39, 0.29) is 24.9 Å². The summed E-state index contributed by atoms with van der Waals surface area (Å²) in [6.45, 7) is 3.41. The number of fused-ring (bicyclic) bond motifs is 1. The number of carbonyl (C=O) groups is 1. The van der Waals surface area contributed by atoms with Crippen LogP contribution in [0.2, 0.25) is 0 Å². The van der Waals surface area contributed by atoms with Crippen LogP contribution in [0.4, 0.5) is 0 Å². The molecule has 0 bridgehead atoms. The van der Waals surface area contributed by atoms with E-state index < -0.39 is 11.2 Å². The number of benzene rings is 2. The zero-order valence-electron chi connectivity index (χ0n) is 16.2. The van der Waals surface area contributed by atoms with Crippen molar-refractivity contribution in [2.24, 2.45) is 0 Å². The Bertz CT molecular complexity index is 756. The van der Waals surface area contributed by atoms with E-state index in [1.165, 1.54) is 0 Å². The molecule has 0 saturated heterocycles. The lowest BCUT2D eigenvalue weighted by atomic mass is 10.1. The van der Waals surface area contributed by atoms with E-state index in [0.29, 0.717) is 19.6 Å². The highest BCUT2D eigenvalue weighted by molar-refractivity contribution is 7.81. The molecule has 0 aliphatic heterocycles. The number of aliphatic hydroxyl groups excluding tert-OH is 1. The molecular weight excluding hydrogens is 398 g/mol. The Morgan fingerprint density at radius 2 is 1.97 bits per heavy atom. The number of rotatable bonds is 11. The van der Waals surface area contributed by atoms with E-state index >= 15 is 0 Å². The lowest BCUT2D eigenvalue weighted by Gasteiger charge is -2.14. The van der Waals surface area contributed by atoms with Crippen molar-refractivity contribution in [1.82, 2.24) is 10.6 Å².